The van der Waals surface area contributed by atoms with E-state index in [9.17, 15) is 24.6 Å². The molecule has 0 aromatic rings. The minimum absolute atomic E-state index is 0.211. The van der Waals surface area contributed by atoms with E-state index < -0.39 is 28.9 Å². The Bertz CT molecular complexity index is 860. The van der Waals surface area contributed by atoms with Crippen LogP contribution < -0.4 is 0 Å². The average Bonchev–Trinajstić information content (AvgIpc) is 3.47. The van der Waals surface area contributed by atoms with Crippen LogP contribution in [0.2, 0.25) is 0 Å². The van der Waals surface area contributed by atoms with Crippen molar-refractivity contribution in [2.45, 2.75) is 19.3 Å². The first-order chi connectivity index (χ1) is 12.0. The molecule has 1 heterocycles. The number of ketones is 3. The minimum atomic E-state index is -0.913. The van der Waals surface area contributed by atoms with Crippen LogP contribution in [0.5, 0.6) is 0 Å². The van der Waals surface area contributed by atoms with Gasteiger partial charge in [0.15, 0.2) is 23.1 Å². The molecule has 0 aromatic heterocycles. The SMILES string of the molecule is O=C1C=C(CC2CCC3C4C2C34)O/C(=C2/C=C(O)C(O)=CC2=O)C1=O. The fourth-order valence-electron chi connectivity index (χ4n) is 4.89. The zero-order chi connectivity index (χ0) is 17.5. The molecule has 2 bridgehead atoms. The first-order valence-corrected chi connectivity index (χ1v) is 8.53. The van der Waals surface area contributed by atoms with Crippen molar-refractivity contribution >= 4 is 17.3 Å². The van der Waals surface area contributed by atoms with E-state index in [2.05, 4.69) is 0 Å². The summed E-state index contributed by atoms with van der Waals surface area (Å²) in [5.74, 6) is 0.452. The number of allylic oxidation sites excluding steroid dienone is 6. The highest BCUT2D eigenvalue weighted by molar-refractivity contribution is 6.48. The Balaban J connectivity index is 1.43. The van der Waals surface area contributed by atoms with Gasteiger partial charge in [0.25, 0.3) is 5.78 Å². The summed E-state index contributed by atoms with van der Waals surface area (Å²) in [6.45, 7) is 0. The number of carbonyl (C=O) groups is 3. The van der Waals surface area contributed by atoms with Gasteiger partial charge in [0.05, 0.1) is 5.57 Å². The number of hydrogen-bond acceptors (Lipinski definition) is 6. The van der Waals surface area contributed by atoms with Crippen LogP contribution in [0.4, 0.5) is 0 Å². The molecule has 0 saturated heterocycles. The van der Waals surface area contributed by atoms with E-state index in [1.165, 1.54) is 12.5 Å². The molecule has 6 heteroatoms. The van der Waals surface area contributed by atoms with Crippen LogP contribution >= 0.6 is 0 Å². The summed E-state index contributed by atoms with van der Waals surface area (Å²) >= 11 is 0. The molecule has 0 amide bonds. The Labute approximate surface area is 143 Å². The van der Waals surface area contributed by atoms with E-state index in [-0.39, 0.29) is 11.3 Å². The smallest absolute Gasteiger partial charge is 0.268 e. The molecule has 4 fully saturated rings. The Morgan fingerprint density at radius 2 is 1.64 bits per heavy atom. The maximum absolute atomic E-state index is 12.1. The highest BCUT2D eigenvalue weighted by Gasteiger charge is 2.76. The van der Waals surface area contributed by atoms with E-state index in [0.717, 1.165) is 42.2 Å². The van der Waals surface area contributed by atoms with Crippen LogP contribution in [0.3, 0.4) is 0 Å². The Morgan fingerprint density at radius 1 is 0.920 bits per heavy atom. The molecule has 5 aliphatic carbocycles. The van der Waals surface area contributed by atoms with Gasteiger partial charge in [-0.2, -0.15) is 0 Å². The van der Waals surface area contributed by atoms with Gasteiger partial charge in [-0.25, -0.2) is 0 Å². The highest BCUT2D eigenvalue weighted by Crippen LogP contribution is 2.80. The molecular formula is C19H16O6. The van der Waals surface area contributed by atoms with Gasteiger partial charge >= 0.3 is 0 Å². The van der Waals surface area contributed by atoms with Crippen molar-refractivity contribution in [2.75, 3.05) is 0 Å². The maximum Gasteiger partial charge on any atom is 0.268 e. The number of hydrogen-bond donors (Lipinski definition) is 2. The second-order valence-electron chi connectivity index (χ2n) is 7.51. The third-order valence-electron chi connectivity index (χ3n) is 6.20. The second kappa shape index (κ2) is 4.71. The number of rotatable bonds is 2. The van der Waals surface area contributed by atoms with Crippen LogP contribution in [0.25, 0.3) is 0 Å². The van der Waals surface area contributed by atoms with Crippen LogP contribution in [-0.2, 0) is 19.1 Å². The van der Waals surface area contributed by atoms with Gasteiger partial charge in [0.1, 0.15) is 5.76 Å². The molecule has 4 saturated carbocycles. The van der Waals surface area contributed by atoms with Gasteiger partial charge in [-0.05, 0) is 48.5 Å². The minimum Gasteiger partial charge on any atom is -0.504 e. The number of carbonyl (C=O) groups excluding carboxylic acids is 3. The molecule has 0 aromatic carbocycles. The molecular weight excluding hydrogens is 324 g/mol. The summed E-state index contributed by atoms with van der Waals surface area (Å²) in [5.41, 5.74) is -0.211. The third kappa shape index (κ3) is 2.06. The number of Topliss-reactive ketones (excluding diaryl/α,β-unsaturated/α-hetero) is 1. The first kappa shape index (κ1) is 14.7. The first-order valence-electron chi connectivity index (χ1n) is 8.53. The molecule has 128 valence electrons. The number of aliphatic hydroxyl groups excluding tert-OH is 2. The largest absolute Gasteiger partial charge is 0.504 e. The highest BCUT2D eigenvalue weighted by atomic mass is 16.5. The van der Waals surface area contributed by atoms with E-state index in [1.807, 2.05) is 0 Å². The van der Waals surface area contributed by atoms with Crippen molar-refractivity contribution < 1.29 is 29.3 Å². The van der Waals surface area contributed by atoms with Crippen molar-refractivity contribution in [1.82, 2.24) is 0 Å². The molecule has 0 spiro atoms. The van der Waals surface area contributed by atoms with Gasteiger partial charge in [-0.3, -0.25) is 14.4 Å². The van der Waals surface area contributed by atoms with Crippen LogP contribution in [0.15, 0.2) is 46.8 Å². The van der Waals surface area contributed by atoms with Crippen molar-refractivity contribution in [3.63, 3.8) is 0 Å². The standard InChI is InChI=1S/C19H16O6/c20-11-6-13(22)12(21)5-10(11)19-18(24)14(23)4-8(25-19)3-7-1-2-9-16-15(7)17(9)16/h4-7,9,15-17,21-22H,1-3H2/b19-10-. The van der Waals surface area contributed by atoms with Gasteiger partial charge in [-0.15, -0.1) is 0 Å². The summed E-state index contributed by atoms with van der Waals surface area (Å²) < 4.78 is 5.62. The summed E-state index contributed by atoms with van der Waals surface area (Å²) in [6, 6.07) is 0. The van der Waals surface area contributed by atoms with Gasteiger partial charge in [0, 0.05) is 18.6 Å². The van der Waals surface area contributed by atoms with Crippen molar-refractivity contribution in [3.8, 4) is 0 Å². The molecule has 3 atom stereocenters. The molecule has 0 radical (unpaired) electrons. The van der Waals surface area contributed by atoms with E-state index in [0.29, 0.717) is 18.1 Å². The Morgan fingerprint density at radius 3 is 2.36 bits per heavy atom. The fourth-order valence-corrected chi connectivity index (χ4v) is 4.89. The normalized spacial score (nSPS) is 41.4. The molecule has 6 nitrogen and oxygen atoms in total. The number of fused-ring (bicyclic) bond motifs is 2. The number of aliphatic hydroxyl groups is 2. The average molecular weight is 340 g/mol. The summed E-state index contributed by atoms with van der Waals surface area (Å²) in [4.78, 5) is 36.2. The molecule has 1 aliphatic heterocycles. The van der Waals surface area contributed by atoms with Crippen molar-refractivity contribution in [2.24, 2.45) is 29.6 Å². The molecule has 6 aliphatic rings. The summed E-state index contributed by atoms with van der Waals surface area (Å²) in [6.07, 6.45) is 5.90. The summed E-state index contributed by atoms with van der Waals surface area (Å²) in [7, 11) is 0. The number of ether oxygens (including phenoxy) is 1. The molecule has 3 unspecified atom stereocenters. The lowest BCUT2D eigenvalue weighted by atomic mass is 9.77. The van der Waals surface area contributed by atoms with Crippen molar-refractivity contribution in [3.05, 3.63) is 46.8 Å². The zero-order valence-corrected chi connectivity index (χ0v) is 13.3. The topological polar surface area (TPSA) is 101 Å². The Kier molecular flexibility index (Phi) is 2.77. The quantitative estimate of drug-likeness (QED) is 0.589. The Hall–Kier alpha value is -2.63. The monoisotopic (exact) mass is 340 g/mol. The zero-order valence-electron chi connectivity index (χ0n) is 13.3. The molecule has 2 N–H and O–H groups in total. The second-order valence-corrected chi connectivity index (χ2v) is 7.51. The lowest BCUT2D eigenvalue weighted by Gasteiger charge is -2.30. The van der Waals surface area contributed by atoms with Gasteiger partial charge in [0.2, 0.25) is 5.78 Å². The van der Waals surface area contributed by atoms with Crippen LogP contribution in [-0.4, -0.2) is 27.6 Å². The summed E-state index contributed by atoms with van der Waals surface area (Å²) in [5, 5.41) is 19.0. The molecule has 6 rings (SSSR count). The third-order valence-corrected chi connectivity index (χ3v) is 6.20. The maximum atomic E-state index is 12.1. The van der Waals surface area contributed by atoms with Crippen LogP contribution in [0, 0.1) is 29.6 Å². The predicted molar refractivity (Wildman–Crippen MR) is 83.9 cm³/mol. The predicted octanol–water partition coefficient (Wildman–Crippen LogP) is 2.05. The molecule has 25 heavy (non-hydrogen) atoms. The van der Waals surface area contributed by atoms with E-state index in [4.69, 9.17) is 4.74 Å². The van der Waals surface area contributed by atoms with E-state index in [1.54, 1.807) is 0 Å². The van der Waals surface area contributed by atoms with Gasteiger partial charge in [-0.1, -0.05) is 0 Å². The van der Waals surface area contributed by atoms with Crippen molar-refractivity contribution in [1.29, 1.82) is 0 Å². The lowest BCUT2D eigenvalue weighted by molar-refractivity contribution is -0.134. The van der Waals surface area contributed by atoms with Gasteiger partial charge < -0.3 is 14.9 Å². The van der Waals surface area contributed by atoms with E-state index >= 15 is 0 Å². The fraction of sp³-hybridized carbons (Fsp3) is 0.421. The lowest BCUT2D eigenvalue weighted by Crippen LogP contribution is -2.27. The van der Waals surface area contributed by atoms with Crippen LogP contribution in [0.1, 0.15) is 19.3 Å².